The van der Waals surface area contributed by atoms with Gasteiger partial charge in [0.1, 0.15) is 5.75 Å². The highest BCUT2D eigenvalue weighted by Crippen LogP contribution is 2.32. The van der Waals surface area contributed by atoms with Crippen LogP contribution in [0.15, 0.2) is 48.5 Å². The summed E-state index contributed by atoms with van der Waals surface area (Å²) in [5.41, 5.74) is 2.26. The van der Waals surface area contributed by atoms with Crippen LogP contribution in [0.2, 0.25) is 0 Å². The Hall–Kier alpha value is -2.82. The second-order valence-corrected chi connectivity index (χ2v) is 6.94. The minimum absolute atomic E-state index is 0.0308. The molecule has 1 aliphatic heterocycles. The molecule has 136 valence electrons. The molecule has 0 fully saturated rings. The highest BCUT2D eigenvalue weighted by molar-refractivity contribution is 5.98. The molecule has 0 radical (unpaired) electrons. The third-order valence-electron chi connectivity index (χ3n) is 4.70. The van der Waals surface area contributed by atoms with E-state index in [1.165, 1.54) is 0 Å². The zero-order valence-electron chi connectivity index (χ0n) is 15.4. The zero-order valence-corrected chi connectivity index (χ0v) is 15.4. The SMILES string of the molecule is CC(C)C(C)NC(=O)c1cccc(CN2C(=O)COc3ccccc32)c1. The van der Waals surface area contributed by atoms with E-state index in [0.717, 1.165) is 11.3 Å². The summed E-state index contributed by atoms with van der Waals surface area (Å²) >= 11 is 0. The number of fused-ring (bicyclic) bond motifs is 1. The van der Waals surface area contributed by atoms with Gasteiger partial charge < -0.3 is 15.0 Å². The van der Waals surface area contributed by atoms with Gasteiger partial charge in [0.15, 0.2) is 6.61 Å². The van der Waals surface area contributed by atoms with Crippen molar-refractivity contribution in [2.75, 3.05) is 11.5 Å². The van der Waals surface area contributed by atoms with Gasteiger partial charge in [-0.3, -0.25) is 9.59 Å². The molecule has 0 spiro atoms. The van der Waals surface area contributed by atoms with Crippen molar-refractivity contribution in [1.29, 1.82) is 0 Å². The van der Waals surface area contributed by atoms with E-state index < -0.39 is 0 Å². The molecule has 0 bridgehead atoms. The van der Waals surface area contributed by atoms with Gasteiger partial charge in [-0.1, -0.05) is 38.1 Å². The summed E-state index contributed by atoms with van der Waals surface area (Å²) in [5, 5.41) is 3.01. The number of para-hydroxylation sites is 2. The van der Waals surface area contributed by atoms with E-state index >= 15 is 0 Å². The number of rotatable bonds is 5. The zero-order chi connectivity index (χ0) is 18.7. The molecular formula is C21H24N2O3. The number of hydrogen-bond acceptors (Lipinski definition) is 3. The number of anilines is 1. The molecule has 2 aromatic rings. The average molecular weight is 352 g/mol. The summed E-state index contributed by atoms with van der Waals surface area (Å²) in [7, 11) is 0. The Kier molecular flexibility index (Phi) is 5.26. The lowest BCUT2D eigenvalue weighted by molar-refractivity contribution is -0.121. The highest BCUT2D eigenvalue weighted by atomic mass is 16.5. The molecule has 0 saturated carbocycles. The summed E-state index contributed by atoms with van der Waals surface area (Å²) in [6.07, 6.45) is 0. The molecule has 1 atom stereocenters. The number of ether oxygens (including phenoxy) is 1. The lowest BCUT2D eigenvalue weighted by Gasteiger charge is -2.29. The predicted octanol–water partition coefficient (Wildman–Crippen LogP) is 3.39. The van der Waals surface area contributed by atoms with Crippen LogP contribution in [0.5, 0.6) is 5.75 Å². The van der Waals surface area contributed by atoms with Crippen LogP contribution in [0, 0.1) is 5.92 Å². The fourth-order valence-electron chi connectivity index (χ4n) is 2.78. The fourth-order valence-corrected chi connectivity index (χ4v) is 2.78. The molecule has 5 nitrogen and oxygen atoms in total. The third kappa shape index (κ3) is 3.87. The van der Waals surface area contributed by atoms with Crippen LogP contribution in [-0.2, 0) is 11.3 Å². The lowest BCUT2D eigenvalue weighted by atomic mass is 10.0. The maximum Gasteiger partial charge on any atom is 0.265 e. The van der Waals surface area contributed by atoms with E-state index in [-0.39, 0.29) is 24.5 Å². The molecule has 1 N–H and O–H groups in total. The van der Waals surface area contributed by atoms with Crippen LogP contribution in [0.3, 0.4) is 0 Å². The fraction of sp³-hybridized carbons (Fsp3) is 0.333. The van der Waals surface area contributed by atoms with E-state index in [0.29, 0.717) is 23.8 Å². The molecule has 0 aliphatic carbocycles. The Morgan fingerprint density at radius 1 is 1.15 bits per heavy atom. The van der Waals surface area contributed by atoms with E-state index in [1.807, 2.05) is 49.4 Å². The van der Waals surface area contributed by atoms with Crippen molar-refractivity contribution in [2.24, 2.45) is 5.92 Å². The van der Waals surface area contributed by atoms with Crippen molar-refractivity contribution >= 4 is 17.5 Å². The smallest absolute Gasteiger partial charge is 0.265 e. The Morgan fingerprint density at radius 3 is 2.69 bits per heavy atom. The van der Waals surface area contributed by atoms with Crippen molar-refractivity contribution < 1.29 is 14.3 Å². The summed E-state index contributed by atoms with van der Waals surface area (Å²) in [4.78, 5) is 26.5. The van der Waals surface area contributed by atoms with Crippen LogP contribution in [0.1, 0.15) is 36.7 Å². The Labute approximate surface area is 154 Å². The van der Waals surface area contributed by atoms with Crippen LogP contribution in [-0.4, -0.2) is 24.5 Å². The number of carbonyl (C=O) groups excluding carboxylic acids is 2. The van der Waals surface area contributed by atoms with Crippen molar-refractivity contribution in [3.63, 3.8) is 0 Å². The molecule has 3 rings (SSSR count). The van der Waals surface area contributed by atoms with Crippen LogP contribution in [0.4, 0.5) is 5.69 Å². The maximum absolute atomic E-state index is 12.5. The molecule has 26 heavy (non-hydrogen) atoms. The van der Waals surface area contributed by atoms with E-state index in [1.54, 1.807) is 11.0 Å². The minimum atomic E-state index is -0.0956. The summed E-state index contributed by atoms with van der Waals surface area (Å²) in [5.74, 6) is 0.880. The van der Waals surface area contributed by atoms with E-state index in [9.17, 15) is 9.59 Å². The van der Waals surface area contributed by atoms with Crippen molar-refractivity contribution in [3.8, 4) is 5.75 Å². The van der Waals surface area contributed by atoms with Crippen molar-refractivity contribution in [2.45, 2.75) is 33.4 Å². The first-order chi connectivity index (χ1) is 12.5. The predicted molar refractivity (Wildman–Crippen MR) is 101 cm³/mol. The van der Waals surface area contributed by atoms with Gasteiger partial charge in [-0.15, -0.1) is 0 Å². The van der Waals surface area contributed by atoms with Crippen LogP contribution >= 0.6 is 0 Å². The first-order valence-electron chi connectivity index (χ1n) is 8.87. The van der Waals surface area contributed by atoms with Crippen molar-refractivity contribution in [3.05, 3.63) is 59.7 Å². The normalized spacial score (nSPS) is 14.6. The minimum Gasteiger partial charge on any atom is -0.482 e. The van der Waals surface area contributed by atoms with E-state index in [2.05, 4.69) is 19.2 Å². The van der Waals surface area contributed by atoms with Crippen LogP contribution < -0.4 is 15.0 Å². The molecular weight excluding hydrogens is 328 g/mol. The Morgan fingerprint density at radius 2 is 1.92 bits per heavy atom. The second-order valence-electron chi connectivity index (χ2n) is 6.94. The third-order valence-corrected chi connectivity index (χ3v) is 4.70. The first-order valence-corrected chi connectivity index (χ1v) is 8.87. The van der Waals surface area contributed by atoms with Crippen molar-refractivity contribution in [1.82, 2.24) is 5.32 Å². The summed E-state index contributed by atoms with van der Waals surface area (Å²) in [6, 6.07) is 15.0. The summed E-state index contributed by atoms with van der Waals surface area (Å²) in [6.45, 7) is 6.57. The molecule has 1 aliphatic rings. The number of amides is 2. The first kappa shape index (κ1) is 18.0. The number of hydrogen-bond donors (Lipinski definition) is 1. The number of benzene rings is 2. The lowest BCUT2D eigenvalue weighted by Crippen LogP contribution is -2.38. The second kappa shape index (κ2) is 7.60. The number of nitrogens with one attached hydrogen (secondary N) is 1. The summed E-state index contributed by atoms with van der Waals surface area (Å²) < 4.78 is 5.48. The Bertz CT molecular complexity index is 816. The van der Waals surface area contributed by atoms with Gasteiger partial charge in [-0.25, -0.2) is 0 Å². The van der Waals surface area contributed by atoms with Gasteiger partial charge >= 0.3 is 0 Å². The van der Waals surface area contributed by atoms with Gasteiger partial charge in [-0.2, -0.15) is 0 Å². The molecule has 2 amide bonds. The quantitative estimate of drug-likeness (QED) is 0.897. The molecule has 0 saturated heterocycles. The van der Waals surface area contributed by atoms with Gasteiger partial charge in [0.05, 0.1) is 12.2 Å². The molecule has 5 heteroatoms. The topological polar surface area (TPSA) is 58.6 Å². The van der Waals surface area contributed by atoms with Gasteiger partial charge in [0.25, 0.3) is 11.8 Å². The highest BCUT2D eigenvalue weighted by Gasteiger charge is 2.25. The van der Waals surface area contributed by atoms with Gasteiger partial charge in [-0.05, 0) is 42.7 Å². The standard InChI is InChI=1S/C21H24N2O3/c1-14(2)15(3)22-21(25)17-8-6-7-16(11-17)12-23-18-9-4-5-10-19(18)26-13-20(23)24/h4-11,14-15H,12-13H2,1-3H3,(H,22,25). The van der Waals surface area contributed by atoms with Gasteiger partial charge in [0, 0.05) is 11.6 Å². The average Bonchev–Trinajstić information content (AvgIpc) is 2.64. The largest absolute Gasteiger partial charge is 0.482 e. The van der Waals surface area contributed by atoms with Gasteiger partial charge in [0.2, 0.25) is 0 Å². The van der Waals surface area contributed by atoms with Crippen LogP contribution in [0.25, 0.3) is 0 Å². The maximum atomic E-state index is 12.5. The monoisotopic (exact) mass is 352 g/mol. The number of carbonyl (C=O) groups is 2. The molecule has 2 aromatic carbocycles. The molecule has 0 aromatic heterocycles. The van der Waals surface area contributed by atoms with E-state index in [4.69, 9.17) is 4.74 Å². The molecule has 1 heterocycles. The Balaban J connectivity index is 1.79. The molecule has 1 unspecified atom stereocenters. The number of nitrogens with zero attached hydrogens (tertiary/aromatic N) is 1.